The number of amides is 1. The normalized spacial score (nSPS) is 10.6. The monoisotopic (exact) mass is 452 g/mol. The number of unbranched alkanes of at least 4 members (excludes halogenated alkanes) is 1. The first-order valence-corrected chi connectivity index (χ1v) is 11.3. The minimum Gasteiger partial charge on any atom is -0.351 e. The Bertz CT molecular complexity index is 1320. The summed E-state index contributed by atoms with van der Waals surface area (Å²) in [4.78, 5) is 17.6. The van der Waals surface area contributed by atoms with Crippen LogP contribution in [0, 0.1) is 17.1 Å². The van der Waals surface area contributed by atoms with Gasteiger partial charge in [-0.1, -0.05) is 55.8 Å². The molecule has 0 unspecified atom stereocenters. The predicted molar refractivity (Wildman–Crippen MR) is 131 cm³/mol. The Kier molecular flexibility index (Phi) is 7.14. The molecule has 0 radical (unpaired) electrons. The summed E-state index contributed by atoms with van der Waals surface area (Å²) in [6, 6.07) is 23.6. The van der Waals surface area contributed by atoms with Gasteiger partial charge in [-0.05, 0) is 53.4 Å². The van der Waals surface area contributed by atoms with Crippen molar-refractivity contribution in [2.45, 2.75) is 26.3 Å². The molecule has 0 aliphatic rings. The highest BCUT2D eigenvalue weighted by molar-refractivity contribution is 5.98. The van der Waals surface area contributed by atoms with Crippen LogP contribution in [0.2, 0.25) is 0 Å². The van der Waals surface area contributed by atoms with Crippen LogP contribution in [0.5, 0.6) is 0 Å². The van der Waals surface area contributed by atoms with Crippen molar-refractivity contribution in [1.29, 1.82) is 5.26 Å². The Morgan fingerprint density at radius 3 is 2.44 bits per heavy atom. The average molecular weight is 453 g/mol. The first-order valence-electron chi connectivity index (χ1n) is 11.3. The number of hydrogen-bond acceptors (Lipinski definition) is 3. The van der Waals surface area contributed by atoms with E-state index in [1.165, 1.54) is 12.1 Å². The molecule has 0 saturated heterocycles. The summed E-state index contributed by atoms with van der Waals surface area (Å²) in [6.07, 6.45) is 3.51. The molecule has 170 valence electrons. The molecule has 0 spiro atoms. The van der Waals surface area contributed by atoms with Gasteiger partial charge in [0, 0.05) is 18.7 Å². The molecule has 1 amide bonds. The van der Waals surface area contributed by atoms with E-state index in [0.29, 0.717) is 35.6 Å². The molecule has 1 N–H and O–H groups in total. The molecule has 0 saturated carbocycles. The van der Waals surface area contributed by atoms with Crippen LogP contribution in [-0.4, -0.2) is 22.0 Å². The van der Waals surface area contributed by atoms with Gasteiger partial charge in [-0.15, -0.1) is 0 Å². The molecule has 0 aliphatic carbocycles. The Morgan fingerprint density at radius 1 is 1.03 bits per heavy atom. The lowest BCUT2D eigenvalue weighted by Gasteiger charge is -2.12. The summed E-state index contributed by atoms with van der Waals surface area (Å²) < 4.78 is 15.3. The number of halogens is 1. The minimum atomic E-state index is -0.338. The molecule has 4 rings (SSSR count). The fourth-order valence-corrected chi connectivity index (χ4v) is 3.84. The first-order chi connectivity index (χ1) is 16.6. The molecule has 0 fully saturated rings. The van der Waals surface area contributed by atoms with E-state index in [-0.39, 0.29) is 11.7 Å². The van der Waals surface area contributed by atoms with E-state index in [2.05, 4.69) is 23.3 Å². The third-order valence-electron chi connectivity index (χ3n) is 5.65. The van der Waals surface area contributed by atoms with E-state index in [0.717, 1.165) is 29.5 Å². The summed E-state index contributed by atoms with van der Waals surface area (Å²) in [5, 5.41) is 12.4. The molecule has 0 bridgehead atoms. The van der Waals surface area contributed by atoms with E-state index in [1.54, 1.807) is 24.5 Å². The van der Waals surface area contributed by atoms with Gasteiger partial charge in [0.25, 0.3) is 5.91 Å². The zero-order valence-corrected chi connectivity index (χ0v) is 19.0. The lowest BCUT2D eigenvalue weighted by atomic mass is 9.99. The van der Waals surface area contributed by atoms with Crippen LogP contribution < -0.4 is 5.32 Å². The van der Waals surface area contributed by atoms with E-state index < -0.39 is 0 Å². The number of carbonyl (C=O) groups is 1. The Hall–Kier alpha value is -4.24. The second kappa shape index (κ2) is 10.6. The lowest BCUT2D eigenvalue weighted by molar-refractivity contribution is 0.0945. The van der Waals surface area contributed by atoms with Gasteiger partial charge in [0.05, 0.1) is 18.0 Å². The molecule has 34 heavy (non-hydrogen) atoms. The van der Waals surface area contributed by atoms with Crippen LogP contribution in [0.4, 0.5) is 4.39 Å². The zero-order valence-electron chi connectivity index (χ0n) is 19.0. The Balaban J connectivity index is 1.64. The maximum atomic E-state index is 13.4. The van der Waals surface area contributed by atoms with Gasteiger partial charge in [-0.3, -0.25) is 4.79 Å². The van der Waals surface area contributed by atoms with E-state index >= 15 is 0 Å². The third-order valence-corrected chi connectivity index (χ3v) is 5.65. The molecule has 1 aromatic heterocycles. The molecule has 1 heterocycles. The summed E-state index contributed by atoms with van der Waals surface area (Å²) in [7, 11) is 0. The number of carbonyl (C=O) groups excluding carboxylic acids is 1. The van der Waals surface area contributed by atoms with Gasteiger partial charge in [0.15, 0.2) is 0 Å². The maximum Gasteiger partial charge on any atom is 0.270 e. The lowest BCUT2D eigenvalue weighted by Crippen LogP contribution is -2.27. The summed E-state index contributed by atoms with van der Waals surface area (Å²) in [5.41, 5.74) is 5.10. The van der Waals surface area contributed by atoms with Crippen molar-refractivity contribution in [3.05, 3.63) is 102 Å². The van der Waals surface area contributed by atoms with Crippen LogP contribution in [-0.2, 0) is 6.54 Å². The highest BCUT2D eigenvalue weighted by atomic mass is 19.1. The zero-order chi connectivity index (χ0) is 23.9. The molecule has 6 heteroatoms. The summed E-state index contributed by atoms with van der Waals surface area (Å²) in [5.74, 6) is -0.542. The molecule has 0 atom stereocenters. The van der Waals surface area contributed by atoms with E-state index in [4.69, 9.17) is 0 Å². The van der Waals surface area contributed by atoms with Gasteiger partial charge in [-0.25, -0.2) is 9.37 Å². The quantitative estimate of drug-likeness (QED) is 0.343. The van der Waals surface area contributed by atoms with Gasteiger partial charge < -0.3 is 9.88 Å². The van der Waals surface area contributed by atoms with Crippen LogP contribution in [0.25, 0.3) is 22.4 Å². The molecular weight excluding hydrogens is 427 g/mol. The van der Waals surface area contributed by atoms with Crippen LogP contribution in [0.15, 0.2) is 79.1 Å². The number of imidazole rings is 1. The van der Waals surface area contributed by atoms with Gasteiger partial charge in [0.1, 0.15) is 17.2 Å². The average Bonchev–Trinajstić information content (AvgIpc) is 3.28. The minimum absolute atomic E-state index is 0.204. The second-order valence-corrected chi connectivity index (χ2v) is 8.04. The standard InChI is InChI=1S/C28H25FN4O/c1-2-3-16-31-28(34)27-26(22-12-14-24(29)15-13-22)32-19-33(27)18-20-8-10-21(11-9-20)25-7-5-4-6-23(25)17-30/h4-15,19H,2-3,16,18H2,1H3,(H,31,34). The molecule has 0 aliphatic heterocycles. The van der Waals surface area contributed by atoms with E-state index in [1.807, 2.05) is 47.0 Å². The SMILES string of the molecule is CCCCNC(=O)c1c(-c2ccc(F)cc2)ncn1Cc1ccc(-c2ccccc2C#N)cc1. The maximum absolute atomic E-state index is 13.4. The van der Waals surface area contributed by atoms with Crippen LogP contribution >= 0.6 is 0 Å². The molecular formula is C28H25FN4O. The van der Waals surface area contributed by atoms with Crippen molar-refractivity contribution in [3.8, 4) is 28.5 Å². The van der Waals surface area contributed by atoms with Crippen LogP contribution in [0.3, 0.4) is 0 Å². The summed E-state index contributed by atoms with van der Waals surface area (Å²) >= 11 is 0. The Morgan fingerprint density at radius 2 is 1.74 bits per heavy atom. The number of aromatic nitrogens is 2. The fraction of sp³-hybridized carbons (Fsp3) is 0.179. The molecule has 3 aromatic carbocycles. The van der Waals surface area contributed by atoms with Crippen molar-refractivity contribution in [2.24, 2.45) is 0 Å². The number of hydrogen-bond donors (Lipinski definition) is 1. The van der Waals surface area contributed by atoms with Crippen molar-refractivity contribution < 1.29 is 9.18 Å². The van der Waals surface area contributed by atoms with Crippen molar-refractivity contribution in [1.82, 2.24) is 14.9 Å². The van der Waals surface area contributed by atoms with Gasteiger partial charge >= 0.3 is 0 Å². The number of nitrogens with zero attached hydrogens (tertiary/aromatic N) is 3. The second-order valence-electron chi connectivity index (χ2n) is 8.04. The van der Waals surface area contributed by atoms with Crippen molar-refractivity contribution >= 4 is 5.91 Å². The highest BCUT2D eigenvalue weighted by Crippen LogP contribution is 2.26. The fourth-order valence-electron chi connectivity index (χ4n) is 3.84. The van der Waals surface area contributed by atoms with Crippen molar-refractivity contribution in [2.75, 3.05) is 6.54 Å². The topological polar surface area (TPSA) is 70.7 Å². The highest BCUT2D eigenvalue weighted by Gasteiger charge is 2.20. The number of nitrogens with one attached hydrogen (secondary N) is 1. The van der Waals surface area contributed by atoms with Crippen LogP contribution in [0.1, 0.15) is 41.4 Å². The predicted octanol–water partition coefficient (Wildman–Crippen LogP) is 5.81. The molecule has 5 nitrogen and oxygen atoms in total. The largest absolute Gasteiger partial charge is 0.351 e. The van der Waals surface area contributed by atoms with Crippen molar-refractivity contribution in [3.63, 3.8) is 0 Å². The first kappa shape index (κ1) is 22.9. The van der Waals surface area contributed by atoms with Gasteiger partial charge in [0.2, 0.25) is 0 Å². The number of rotatable bonds is 8. The number of nitriles is 1. The Labute approximate surface area is 198 Å². The third kappa shape index (κ3) is 5.05. The number of benzene rings is 3. The van der Waals surface area contributed by atoms with Gasteiger partial charge in [-0.2, -0.15) is 5.26 Å². The van der Waals surface area contributed by atoms with E-state index in [9.17, 15) is 14.4 Å². The summed E-state index contributed by atoms with van der Waals surface area (Å²) in [6.45, 7) is 3.10. The smallest absolute Gasteiger partial charge is 0.270 e. The molecule has 4 aromatic rings.